The highest BCUT2D eigenvalue weighted by Crippen LogP contribution is 2.41. The molecule has 0 fully saturated rings. The average Bonchev–Trinajstić information content (AvgIpc) is 3.35. The largest absolute Gasteiger partial charge is 0.496 e. The number of aliphatic hydroxyl groups excluding tert-OH is 1. The highest BCUT2D eigenvalue weighted by molar-refractivity contribution is 6.39. The number of aliphatic carboxylic acids is 1. The third-order valence-electron chi connectivity index (χ3n) is 7.42. The lowest BCUT2D eigenvalue weighted by molar-refractivity contribution is -0.139. The lowest BCUT2D eigenvalue weighted by Crippen LogP contribution is -2.28. The van der Waals surface area contributed by atoms with E-state index in [2.05, 4.69) is 25.9 Å². The molecule has 230 valence electrons. The van der Waals surface area contributed by atoms with Gasteiger partial charge in [-0.15, -0.1) is 0 Å². The van der Waals surface area contributed by atoms with Gasteiger partial charge in [0.2, 0.25) is 0 Å². The van der Waals surface area contributed by atoms with Gasteiger partial charge in [-0.25, -0.2) is 4.98 Å². The number of carbonyl (C=O) groups is 2. The lowest BCUT2D eigenvalue weighted by atomic mass is 10.0. The van der Waals surface area contributed by atoms with Gasteiger partial charge in [0, 0.05) is 73.8 Å². The first kappa shape index (κ1) is 31.4. The van der Waals surface area contributed by atoms with Crippen molar-refractivity contribution in [2.75, 3.05) is 25.5 Å². The Morgan fingerprint density at radius 1 is 1.16 bits per heavy atom. The van der Waals surface area contributed by atoms with Gasteiger partial charge >= 0.3 is 5.97 Å². The predicted octanol–water partition coefficient (Wildman–Crippen LogP) is 4.29. The summed E-state index contributed by atoms with van der Waals surface area (Å²) in [5, 5.41) is 28.5. The number of rotatable bonds is 11. The van der Waals surface area contributed by atoms with Gasteiger partial charge in [-0.2, -0.15) is 0 Å². The number of amides is 1. The summed E-state index contributed by atoms with van der Waals surface area (Å²) in [6.07, 6.45) is 1.10. The Morgan fingerprint density at radius 2 is 1.95 bits per heavy atom. The van der Waals surface area contributed by atoms with Crippen LogP contribution < -0.4 is 20.7 Å². The monoisotopic (exact) mass is 638 g/mol. The number of hydrogen-bond acceptors (Lipinski definition) is 8. The maximum Gasteiger partial charge on any atom is 0.306 e. The maximum absolute atomic E-state index is 13.2. The first-order chi connectivity index (χ1) is 21.2. The number of ether oxygens (including phenoxy) is 1. The number of halogens is 2. The summed E-state index contributed by atoms with van der Waals surface area (Å²) >= 11 is 13.8. The number of carboxylic acids is 1. The number of anilines is 1. The maximum atomic E-state index is 13.2. The van der Waals surface area contributed by atoms with Crippen molar-refractivity contribution in [2.45, 2.75) is 32.0 Å². The Labute approximate surface area is 264 Å². The van der Waals surface area contributed by atoms with Gasteiger partial charge in [0.1, 0.15) is 5.75 Å². The van der Waals surface area contributed by atoms with Crippen LogP contribution in [-0.4, -0.2) is 62.9 Å². The fraction of sp³-hybridized carbons (Fsp3) is 0.290. The smallest absolute Gasteiger partial charge is 0.306 e. The normalized spacial score (nSPS) is 13.3. The quantitative estimate of drug-likeness (QED) is 0.162. The molecule has 3 heterocycles. The molecule has 0 saturated carbocycles. The van der Waals surface area contributed by atoms with E-state index in [-0.39, 0.29) is 18.9 Å². The third kappa shape index (κ3) is 6.72. The van der Waals surface area contributed by atoms with Crippen LogP contribution in [0, 0.1) is 0 Å². The van der Waals surface area contributed by atoms with Crippen LogP contribution in [0.5, 0.6) is 5.75 Å². The summed E-state index contributed by atoms with van der Waals surface area (Å²) in [6.45, 7) is 1.94. The van der Waals surface area contributed by atoms with Gasteiger partial charge in [-0.1, -0.05) is 47.5 Å². The molecule has 4 aromatic rings. The number of benzene rings is 2. The molecule has 1 aliphatic heterocycles. The van der Waals surface area contributed by atoms with Crippen molar-refractivity contribution >= 4 is 40.8 Å². The summed E-state index contributed by atoms with van der Waals surface area (Å²) in [5.41, 5.74) is 5.61. The summed E-state index contributed by atoms with van der Waals surface area (Å²) < 4.78 is 7.42. The molecule has 0 saturated heterocycles. The van der Waals surface area contributed by atoms with Crippen LogP contribution in [0.4, 0.5) is 5.69 Å². The van der Waals surface area contributed by atoms with Crippen LogP contribution in [0.25, 0.3) is 22.4 Å². The van der Waals surface area contributed by atoms with E-state index in [0.29, 0.717) is 62.8 Å². The number of imidazole rings is 1. The van der Waals surface area contributed by atoms with Crippen molar-refractivity contribution in [3.8, 4) is 28.1 Å². The van der Waals surface area contributed by atoms with Gasteiger partial charge < -0.3 is 35.5 Å². The molecule has 1 atom stereocenters. The highest BCUT2D eigenvalue weighted by atomic mass is 35.5. The van der Waals surface area contributed by atoms with E-state index in [1.807, 2.05) is 35.9 Å². The lowest BCUT2D eigenvalue weighted by Gasteiger charge is -2.16. The summed E-state index contributed by atoms with van der Waals surface area (Å²) in [7, 11) is 3.39. The first-order valence-electron chi connectivity index (χ1n) is 14.0. The standard InChI is InChI=1S/C31H32Cl2N6O5/c1-39-24-9-10-34-16-23(24)37-30(39)31(43)38-22-5-3-4-20(27(22)32)21-8-11-36-29(28(21)33)17-6-7-18(25(12-17)44-2)14-35-15-19(40)13-26(41)42/h3-8,11-12,19,34-35,40H,9-10,13-16H2,1-2H3,(H,38,43)(H,41,42)/t19-/m1/s1. The average molecular weight is 640 g/mol. The summed E-state index contributed by atoms with van der Waals surface area (Å²) in [5.74, 6) is -0.541. The van der Waals surface area contributed by atoms with Crippen LogP contribution >= 0.6 is 23.2 Å². The molecule has 0 bridgehead atoms. The van der Waals surface area contributed by atoms with Crippen LogP contribution in [0.15, 0.2) is 48.7 Å². The number of fused-ring (bicyclic) bond motifs is 1. The minimum absolute atomic E-state index is 0.119. The Bertz CT molecular complexity index is 1710. The first-order valence-corrected chi connectivity index (χ1v) is 14.7. The second-order valence-electron chi connectivity index (χ2n) is 10.4. The second kappa shape index (κ2) is 13.7. The van der Waals surface area contributed by atoms with Crippen LogP contribution in [0.3, 0.4) is 0 Å². The molecule has 11 nitrogen and oxygen atoms in total. The molecule has 2 aromatic heterocycles. The molecule has 44 heavy (non-hydrogen) atoms. The minimum atomic E-state index is -1.06. The predicted molar refractivity (Wildman–Crippen MR) is 168 cm³/mol. The summed E-state index contributed by atoms with van der Waals surface area (Å²) in [4.78, 5) is 33.1. The van der Waals surface area contributed by atoms with Gasteiger partial charge in [0.05, 0.1) is 46.8 Å². The second-order valence-corrected chi connectivity index (χ2v) is 11.1. The molecule has 0 spiro atoms. The summed E-state index contributed by atoms with van der Waals surface area (Å²) in [6, 6.07) is 12.6. The molecular formula is C31H32Cl2N6O5. The van der Waals surface area contributed by atoms with Crippen LogP contribution in [0.1, 0.15) is 34.0 Å². The van der Waals surface area contributed by atoms with E-state index >= 15 is 0 Å². The SMILES string of the molecule is COc1cc(-c2nccc(-c3cccc(NC(=O)c4nc5c(n4C)CCNC5)c3Cl)c2Cl)ccc1CNC[C@H](O)CC(=O)O. The van der Waals surface area contributed by atoms with Gasteiger partial charge in [0.25, 0.3) is 5.91 Å². The molecule has 5 N–H and O–H groups in total. The third-order valence-corrected chi connectivity index (χ3v) is 8.21. The van der Waals surface area contributed by atoms with Crippen molar-refractivity contribution < 1.29 is 24.5 Å². The van der Waals surface area contributed by atoms with Crippen molar-refractivity contribution in [1.29, 1.82) is 0 Å². The molecule has 2 aromatic carbocycles. The Kier molecular flexibility index (Phi) is 9.82. The molecule has 5 rings (SSSR count). The molecule has 0 aliphatic carbocycles. The number of aliphatic hydroxyl groups is 1. The van der Waals surface area contributed by atoms with Gasteiger partial charge in [-0.3, -0.25) is 14.6 Å². The fourth-order valence-corrected chi connectivity index (χ4v) is 5.81. The van der Waals surface area contributed by atoms with E-state index < -0.39 is 12.1 Å². The molecule has 0 radical (unpaired) electrons. The molecule has 13 heteroatoms. The molecule has 1 aliphatic rings. The molecule has 0 unspecified atom stereocenters. The van der Waals surface area contributed by atoms with E-state index in [9.17, 15) is 14.7 Å². The van der Waals surface area contributed by atoms with Crippen molar-refractivity contribution in [3.63, 3.8) is 0 Å². The van der Waals surface area contributed by atoms with E-state index in [1.165, 1.54) is 0 Å². The molecular weight excluding hydrogens is 607 g/mol. The van der Waals surface area contributed by atoms with Crippen molar-refractivity contribution in [2.24, 2.45) is 7.05 Å². The number of pyridine rings is 1. The number of carboxylic acid groups (broad SMARTS) is 1. The number of methoxy groups -OCH3 is 1. The van der Waals surface area contributed by atoms with E-state index in [4.69, 9.17) is 33.0 Å². The zero-order valence-electron chi connectivity index (χ0n) is 24.2. The topological polar surface area (TPSA) is 151 Å². The Balaban J connectivity index is 1.37. The van der Waals surface area contributed by atoms with Crippen LogP contribution in [-0.2, 0) is 31.4 Å². The highest BCUT2D eigenvalue weighted by Gasteiger charge is 2.23. The zero-order valence-corrected chi connectivity index (χ0v) is 25.7. The van der Waals surface area contributed by atoms with E-state index in [1.54, 1.807) is 31.5 Å². The van der Waals surface area contributed by atoms with E-state index in [0.717, 1.165) is 29.9 Å². The molecule has 1 amide bonds. The fourth-order valence-electron chi connectivity index (χ4n) is 5.21. The number of carbonyl (C=O) groups excluding carboxylic acids is 1. The Morgan fingerprint density at radius 3 is 2.70 bits per heavy atom. The van der Waals surface area contributed by atoms with Gasteiger partial charge in [0.15, 0.2) is 5.82 Å². The minimum Gasteiger partial charge on any atom is -0.496 e. The van der Waals surface area contributed by atoms with Crippen LogP contribution in [0.2, 0.25) is 10.0 Å². The number of aromatic nitrogens is 3. The van der Waals surface area contributed by atoms with Crippen molar-refractivity contribution in [1.82, 2.24) is 25.2 Å². The number of nitrogens with one attached hydrogen (secondary N) is 3. The number of hydrogen-bond donors (Lipinski definition) is 5. The zero-order chi connectivity index (χ0) is 31.4. The van der Waals surface area contributed by atoms with Crippen molar-refractivity contribution in [3.05, 3.63) is 81.5 Å². The number of nitrogens with zero attached hydrogens (tertiary/aromatic N) is 3. The van der Waals surface area contributed by atoms with Gasteiger partial charge in [-0.05, 0) is 18.2 Å². The Hall–Kier alpha value is -4.00.